The van der Waals surface area contributed by atoms with E-state index in [4.69, 9.17) is 15.2 Å². The highest BCUT2D eigenvalue weighted by Crippen LogP contribution is 2.38. The number of nitrogens with zero attached hydrogens (tertiary/aromatic N) is 1. The smallest absolute Gasteiger partial charge is 0.315 e. The van der Waals surface area contributed by atoms with Crippen molar-refractivity contribution in [2.45, 2.75) is 13.5 Å². The van der Waals surface area contributed by atoms with Crippen molar-refractivity contribution in [1.29, 1.82) is 0 Å². The average molecular weight is 226 g/mol. The summed E-state index contributed by atoms with van der Waals surface area (Å²) in [6, 6.07) is 3.03. The number of rotatable bonds is 5. The molecule has 0 unspecified atom stereocenters. The van der Waals surface area contributed by atoms with Gasteiger partial charge in [0, 0.05) is 12.6 Å². The average Bonchev–Trinajstić information content (AvgIpc) is 2.29. The summed E-state index contributed by atoms with van der Waals surface area (Å²) in [6.45, 7) is 2.29. The Morgan fingerprint density at radius 2 is 2.19 bits per heavy atom. The summed E-state index contributed by atoms with van der Waals surface area (Å²) in [5.41, 5.74) is 5.96. The Kier molecular flexibility index (Phi) is 4.07. The predicted molar refractivity (Wildman–Crippen MR) is 58.7 cm³/mol. The van der Waals surface area contributed by atoms with E-state index in [2.05, 4.69) is 0 Å². The number of nitrogens with two attached hydrogens (primary N) is 1. The van der Waals surface area contributed by atoms with Gasteiger partial charge < -0.3 is 15.2 Å². The lowest BCUT2D eigenvalue weighted by atomic mass is 10.1. The minimum absolute atomic E-state index is 0.123. The Labute approximate surface area is 93.1 Å². The molecule has 6 heteroatoms. The molecule has 0 bridgehead atoms. The Morgan fingerprint density at radius 1 is 1.50 bits per heavy atom. The van der Waals surface area contributed by atoms with Gasteiger partial charge >= 0.3 is 5.69 Å². The van der Waals surface area contributed by atoms with Crippen LogP contribution in [0.2, 0.25) is 0 Å². The summed E-state index contributed by atoms with van der Waals surface area (Å²) in [5, 5.41) is 10.9. The summed E-state index contributed by atoms with van der Waals surface area (Å²) in [6.07, 6.45) is 0. The van der Waals surface area contributed by atoms with Gasteiger partial charge in [-0.1, -0.05) is 0 Å². The van der Waals surface area contributed by atoms with Crippen molar-refractivity contribution in [2.75, 3.05) is 13.7 Å². The number of benzene rings is 1. The Bertz CT molecular complexity index is 393. The van der Waals surface area contributed by atoms with E-state index >= 15 is 0 Å². The van der Waals surface area contributed by atoms with Crippen LogP contribution in [-0.2, 0) is 6.54 Å². The van der Waals surface area contributed by atoms with Crippen LogP contribution in [0.1, 0.15) is 12.5 Å². The number of hydrogen-bond acceptors (Lipinski definition) is 5. The molecule has 1 aromatic rings. The van der Waals surface area contributed by atoms with Crippen molar-refractivity contribution in [3.05, 3.63) is 27.8 Å². The van der Waals surface area contributed by atoms with E-state index in [9.17, 15) is 10.1 Å². The summed E-state index contributed by atoms with van der Waals surface area (Å²) in [5.74, 6) is 0.476. The monoisotopic (exact) mass is 226 g/mol. The highest BCUT2D eigenvalue weighted by atomic mass is 16.6. The van der Waals surface area contributed by atoms with Crippen LogP contribution in [0.3, 0.4) is 0 Å². The normalized spacial score (nSPS) is 9.94. The van der Waals surface area contributed by atoms with E-state index in [0.717, 1.165) is 0 Å². The van der Waals surface area contributed by atoms with Crippen molar-refractivity contribution >= 4 is 5.69 Å². The SMILES string of the molecule is CCOc1c(OC)cc(CN)cc1[N+](=O)[O-]. The molecule has 0 fully saturated rings. The molecular formula is C10H14N2O4. The van der Waals surface area contributed by atoms with Gasteiger partial charge in [0.05, 0.1) is 18.6 Å². The molecule has 6 nitrogen and oxygen atoms in total. The van der Waals surface area contributed by atoms with Crippen molar-refractivity contribution in [3.63, 3.8) is 0 Å². The number of hydrogen-bond donors (Lipinski definition) is 1. The third-order valence-corrected chi connectivity index (χ3v) is 2.04. The number of methoxy groups -OCH3 is 1. The lowest BCUT2D eigenvalue weighted by Crippen LogP contribution is -2.03. The molecule has 0 amide bonds. The first-order valence-electron chi connectivity index (χ1n) is 4.82. The minimum atomic E-state index is -0.507. The number of nitro groups is 1. The molecule has 0 heterocycles. The van der Waals surface area contributed by atoms with Crippen LogP contribution in [0.4, 0.5) is 5.69 Å². The minimum Gasteiger partial charge on any atom is -0.493 e. The van der Waals surface area contributed by atoms with Crippen molar-refractivity contribution < 1.29 is 14.4 Å². The first-order valence-corrected chi connectivity index (χ1v) is 4.82. The van der Waals surface area contributed by atoms with Crippen molar-refractivity contribution in [1.82, 2.24) is 0 Å². The van der Waals surface area contributed by atoms with E-state index < -0.39 is 4.92 Å². The van der Waals surface area contributed by atoms with E-state index in [1.165, 1.54) is 13.2 Å². The van der Waals surface area contributed by atoms with Gasteiger partial charge in [0.2, 0.25) is 5.75 Å². The Balaban J connectivity index is 3.34. The molecule has 0 radical (unpaired) electrons. The third-order valence-electron chi connectivity index (χ3n) is 2.04. The second kappa shape index (κ2) is 5.32. The van der Waals surface area contributed by atoms with Gasteiger partial charge in [0.1, 0.15) is 0 Å². The van der Waals surface area contributed by atoms with E-state index in [1.807, 2.05) is 0 Å². The fourth-order valence-electron chi connectivity index (χ4n) is 1.34. The zero-order chi connectivity index (χ0) is 12.1. The fourth-order valence-corrected chi connectivity index (χ4v) is 1.34. The van der Waals surface area contributed by atoms with Gasteiger partial charge in [-0.15, -0.1) is 0 Å². The van der Waals surface area contributed by atoms with Gasteiger partial charge in [-0.25, -0.2) is 0 Å². The third kappa shape index (κ3) is 2.40. The topological polar surface area (TPSA) is 87.6 Å². The van der Waals surface area contributed by atoms with Crippen LogP contribution in [0.5, 0.6) is 11.5 Å². The molecule has 0 saturated heterocycles. The molecule has 16 heavy (non-hydrogen) atoms. The van der Waals surface area contributed by atoms with Crippen molar-refractivity contribution in [3.8, 4) is 11.5 Å². The Morgan fingerprint density at radius 3 is 2.62 bits per heavy atom. The molecule has 0 aliphatic rings. The lowest BCUT2D eigenvalue weighted by Gasteiger charge is -2.10. The van der Waals surface area contributed by atoms with Gasteiger partial charge in [0.15, 0.2) is 5.75 Å². The van der Waals surface area contributed by atoms with Crippen LogP contribution in [0.15, 0.2) is 12.1 Å². The molecule has 0 aliphatic carbocycles. The maximum Gasteiger partial charge on any atom is 0.315 e. The maximum absolute atomic E-state index is 10.9. The van der Waals surface area contributed by atoms with E-state index in [-0.39, 0.29) is 18.0 Å². The second-order valence-corrected chi connectivity index (χ2v) is 3.04. The summed E-state index contributed by atoms with van der Waals surface area (Å²) >= 11 is 0. The molecule has 88 valence electrons. The van der Waals surface area contributed by atoms with Gasteiger partial charge in [-0.2, -0.15) is 0 Å². The first-order chi connectivity index (χ1) is 7.63. The lowest BCUT2D eigenvalue weighted by molar-refractivity contribution is -0.386. The van der Waals surface area contributed by atoms with Gasteiger partial charge in [-0.05, 0) is 18.6 Å². The largest absolute Gasteiger partial charge is 0.493 e. The molecule has 0 aliphatic heterocycles. The molecule has 0 atom stereocenters. The molecule has 1 rings (SSSR count). The summed E-state index contributed by atoms with van der Waals surface area (Å²) < 4.78 is 10.3. The van der Waals surface area contributed by atoms with Crippen LogP contribution >= 0.6 is 0 Å². The molecule has 0 spiro atoms. The summed E-state index contributed by atoms with van der Waals surface area (Å²) in [7, 11) is 1.43. The highest BCUT2D eigenvalue weighted by Gasteiger charge is 2.21. The first kappa shape index (κ1) is 12.3. The van der Waals surface area contributed by atoms with Gasteiger partial charge in [-0.3, -0.25) is 10.1 Å². The van der Waals surface area contributed by atoms with Gasteiger partial charge in [0.25, 0.3) is 0 Å². The van der Waals surface area contributed by atoms with E-state index in [1.54, 1.807) is 13.0 Å². The predicted octanol–water partition coefficient (Wildman–Crippen LogP) is 1.46. The number of ether oxygens (including phenoxy) is 2. The zero-order valence-corrected chi connectivity index (χ0v) is 9.23. The van der Waals surface area contributed by atoms with Crippen molar-refractivity contribution in [2.24, 2.45) is 5.73 Å². The molecule has 0 aromatic heterocycles. The molecule has 0 saturated carbocycles. The van der Waals surface area contributed by atoms with Crippen LogP contribution in [-0.4, -0.2) is 18.6 Å². The quantitative estimate of drug-likeness (QED) is 0.606. The van der Waals surface area contributed by atoms with Crippen LogP contribution < -0.4 is 15.2 Å². The Hall–Kier alpha value is -1.82. The fraction of sp³-hybridized carbons (Fsp3) is 0.400. The zero-order valence-electron chi connectivity index (χ0n) is 9.23. The van der Waals surface area contributed by atoms with Crippen LogP contribution in [0.25, 0.3) is 0 Å². The molecule has 2 N–H and O–H groups in total. The molecule has 1 aromatic carbocycles. The van der Waals surface area contributed by atoms with E-state index in [0.29, 0.717) is 17.9 Å². The maximum atomic E-state index is 10.9. The standard InChI is InChI=1S/C10H14N2O4/c1-3-16-10-8(12(13)14)4-7(6-11)5-9(10)15-2/h4-5H,3,6,11H2,1-2H3. The molecular weight excluding hydrogens is 212 g/mol. The summed E-state index contributed by atoms with van der Waals surface area (Å²) in [4.78, 5) is 10.4. The van der Waals surface area contributed by atoms with Crippen LogP contribution in [0, 0.1) is 10.1 Å². The number of nitro benzene ring substituents is 1. The second-order valence-electron chi connectivity index (χ2n) is 3.04. The highest BCUT2D eigenvalue weighted by molar-refractivity contribution is 5.58.